The van der Waals surface area contributed by atoms with Gasteiger partial charge in [-0.05, 0) is 125 Å². The lowest BCUT2D eigenvalue weighted by atomic mass is 9.52. The van der Waals surface area contributed by atoms with Crippen LogP contribution in [0.25, 0.3) is 54.6 Å². The molecule has 9 aromatic carbocycles. The average molecular weight is 659 g/mol. The first kappa shape index (κ1) is 28.5. The first-order valence-electron chi connectivity index (χ1n) is 18.5. The third kappa shape index (κ3) is 3.17. The summed E-state index contributed by atoms with van der Waals surface area (Å²) in [6.45, 7) is 4.50. The standard InChI is InChI=1S/C52H34/c1-31-23-25-39-37-17-7-9-19-43(37)51(47(39)27-31)45-21-11-12-22-46(45)52(44-20-10-8-18-38(44)40-26-24-32(2)28-48(40)52)50-30-42-36-16-6-4-14-34(36)33-13-3-5-15-35(33)41(42)29-49(50)51/h3-30H,1-2H3. The van der Waals surface area contributed by atoms with Crippen molar-refractivity contribution in [1.29, 1.82) is 0 Å². The molecule has 0 aromatic heterocycles. The minimum Gasteiger partial charge on any atom is -0.0619 e. The lowest BCUT2D eigenvalue weighted by molar-refractivity contribution is 0.634. The van der Waals surface area contributed by atoms with Gasteiger partial charge in [0, 0.05) is 0 Å². The van der Waals surface area contributed by atoms with E-state index >= 15 is 0 Å². The van der Waals surface area contributed by atoms with Crippen molar-refractivity contribution in [3.05, 3.63) is 225 Å². The fourth-order valence-electron chi connectivity index (χ4n) is 10.9. The van der Waals surface area contributed by atoms with E-state index in [-0.39, 0.29) is 0 Å². The van der Waals surface area contributed by atoms with Crippen molar-refractivity contribution in [2.45, 2.75) is 24.7 Å². The van der Waals surface area contributed by atoms with Crippen molar-refractivity contribution in [3.8, 4) is 22.3 Å². The van der Waals surface area contributed by atoms with Crippen LogP contribution in [0.4, 0.5) is 0 Å². The molecule has 0 heteroatoms. The smallest absolute Gasteiger partial charge is 0.0619 e. The zero-order valence-corrected chi connectivity index (χ0v) is 29.2. The van der Waals surface area contributed by atoms with Crippen LogP contribution in [0.1, 0.15) is 55.6 Å². The highest BCUT2D eigenvalue weighted by atomic mass is 14.6. The Bertz CT molecular complexity index is 2840. The van der Waals surface area contributed by atoms with Crippen LogP contribution in [0.15, 0.2) is 170 Å². The summed E-state index contributed by atoms with van der Waals surface area (Å²) in [5, 5.41) is 7.86. The number of hydrogen-bond acceptors (Lipinski definition) is 0. The molecule has 3 aliphatic carbocycles. The van der Waals surface area contributed by atoms with Crippen molar-refractivity contribution in [2.75, 3.05) is 0 Å². The number of aryl methyl sites for hydroxylation is 2. The second-order valence-electron chi connectivity index (χ2n) is 15.3. The number of hydrogen-bond donors (Lipinski definition) is 0. The molecule has 3 aliphatic rings. The predicted octanol–water partition coefficient (Wildman–Crippen LogP) is 12.8. The van der Waals surface area contributed by atoms with Gasteiger partial charge in [0.15, 0.2) is 0 Å². The highest BCUT2D eigenvalue weighted by Crippen LogP contribution is 2.68. The lowest BCUT2D eigenvalue weighted by Gasteiger charge is -2.49. The molecule has 0 aliphatic heterocycles. The molecule has 12 rings (SSSR count). The van der Waals surface area contributed by atoms with Gasteiger partial charge in [-0.15, -0.1) is 0 Å². The Hall–Kier alpha value is -6.24. The fraction of sp³-hybridized carbons (Fsp3) is 0.0769. The third-order valence-corrected chi connectivity index (χ3v) is 12.8. The quantitative estimate of drug-likeness (QED) is 0.142. The molecule has 2 spiro atoms. The summed E-state index contributed by atoms with van der Waals surface area (Å²) in [6, 6.07) is 65.5. The zero-order chi connectivity index (χ0) is 34.3. The SMILES string of the molecule is Cc1ccc2c(c1)C1(c3ccccc3-2)c2ccccc2C2(c3ccccc3-c3ccc(C)cc32)c2cc3c4ccccc4c4ccccc4c3cc21. The summed E-state index contributed by atoms with van der Waals surface area (Å²) in [4.78, 5) is 0. The highest BCUT2D eigenvalue weighted by Gasteiger charge is 2.59. The van der Waals surface area contributed by atoms with E-state index in [0.29, 0.717) is 0 Å². The molecule has 0 saturated carbocycles. The van der Waals surface area contributed by atoms with Gasteiger partial charge in [-0.2, -0.15) is 0 Å². The Morgan fingerprint density at radius 2 is 0.577 bits per heavy atom. The van der Waals surface area contributed by atoms with Crippen LogP contribution in [0.2, 0.25) is 0 Å². The van der Waals surface area contributed by atoms with Crippen molar-refractivity contribution in [1.82, 2.24) is 0 Å². The van der Waals surface area contributed by atoms with Gasteiger partial charge in [0.1, 0.15) is 0 Å². The summed E-state index contributed by atoms with van der Waals surface area (Å²) in [7, 11) is 0. The van der Waals surface area contributed by atoms with Crippen LogP contribution in [-0.2, 0) is 10.8 Å². The number of rotatable bonds is 0. The van der Waals surface area contributed by atoms with Gasteiger partial charge in [0.05, 0.1) is 10.8 Å². The number of fused-ring (bicyclic) bond motifs is 22. The molecule has 0 bridgehead atoms. The van der Waals surface area contributed by atoms with E-state index in [9.17, 15) is 0 Å². The molecule has 0 N–H and O–H groups in total. The maximum Gasteiger partial charge on any atom is 0.0720 e. The molecular weight excluding hydrogens is 625 g/mol. The summed E-state index contributed by atoms with van der Waals surface area (Å²) in [5.74, 6) is 0. The van der Waals surface area contributed by atoms with Crippen LogP contribution in [0, 0.1) is 13.8 Å². The van der Waals surface area contributed by atoms with Gasteiger partial charge >= 0.3 is 0 Å². The van der Waals surface area contributed by atoms with Crippen molar-refractivity contribution in [2.24, 2.45) is 0 Å². The Morgan fingerprint density at radius 1 is 0.250 bits per heavy atom. The van der Waals surface area contributed by atoms with Crippen LogP contribution in [-0.4, -0.2) is 0 Å². The zero-order valence-electron chi connectivity index (χ0n) is 29.2. The van der Waals surface area contributed by atoms with E-state index in [4.69, 9.17) is 0 Å². The first-order valence-corrected chi connectivity index (χ1v) is 18.5. The second-order valence-corrected chi connectivity index (χ2v) is 15.3. The largest absolute Gasteiger partial charge is 0.0720 e. The Kier molecular flexibility index (Phi) is 5.34. The van der Waals surface area contributed by atoms with Gasteiger partial charge in [0.25, 0.3) is 0 Å². The van der Waals surface area contributed by atoms with Gasteiger partial charge in [0.2, 0.25) is 0 Å². The maximum atomic E-state index is 2.63. The minimum atomic E-state index is -0.502. The van der Waals surface area contributed by atoms with Gasteiger partial charge in [-0.1, -0.05) is 169 Å². The summed E-state index contributed by atoms with van der Waals surface area (Å²) in [5.41, 5.74) is 18.0. The van der Waals surface area contributed by atoms with Crippen molar-refractivity contribution >= 4 is 32.3 Å². The summed E-state index contributed by atoms with van der Waals surface area (Å²) < 4.78 is 0. The molecule has 0 amide bonds. The van der Waals surface area contributed by atoms with Gasteiger partial charge in [-0.3, -0.25) is 0 Å². The third-order valence-electron chi connectivity index (χ3n) is 12.8. The summed E-state index contributed by atoms with van der Waals surface area (Å²) >= 11 is 0. The molecule has 52 heavy (non-hydrogen) atoms. The molecule has 2 atom stereocenters. The molecule has 2 unspecified atom stereocenters. The average Bonchev–Trinajstić information content (AvgIpc) is 3.64. The Morgan fingerprint density at radius 3 is 1.00 bits per heavy atom. The molecular formula is C52H34. The molecule has 0 nitrogen and oxygen atoms in total. The topological polar surface area (TPSA) is 0 Å². The van der Waals surface area contributed by atoms with E-state index in [0.717, 1.165) is 0 Å². The Balaban J connectivity index is 1.39. The maximum absolute atomic E-state index is 2.63. The fourth-order valence-corrected chi connectivity index (χ4v) is 10.9. The van der Waals surface area contributed by atoms with E-state index in [1.807, 2.05) is 0 Å². The summed E-state index contributed by atoms with van der Waals surface area (Å²) in [6.07, 6.45) is 0. The van der Waals surface area contributed by atoms with E-state index in [2.05, 4.69) is 184 Å². The van der Waals surface area contributed by atoms with Crippen LogP contribution < -0.4 is 0 Å². The van der Waals surface area contributed by atoms with Crippen LogP contribution in [0.3, 0.4) is 0 Å². The first-order chi connectivity index (χ1) is 25.6. The Labute approximate surface area is 303 Å². The van der Waals surface area contributed by atoms with Crippen molar-refractivity contribution in [3.63, 3.8) is 0 Å². The molecule has 0 saturated heterocycles. The van der Waals surface area contributed by atoms with Gasteiger partial charge < -0.3 is 0 Å². The van der Waals surface area contributed by atoms with Crippen LogP contribution >= 0.6 is 0 Å². The molecule has 9 aromatic rings. The molecule has 0 radical (unpaired) electrons. The molecule has 0 fully saturated rings. The monoisotopic (exact) mass is 658 g/mol. The van der Waals surface area contributed by atoms with Gasteiger partial charge in [-0.25, -0.2) is 0 Å². The normalized spacial score (nSPS) is 18.7. The van der Waals surface area contributed by atoms with Crippen LogP contribution in [0.5, 0.6) is 0 Å². The number of benzene rings is 9. The molecule has 0 heterocycles. The minimum absolute atomic E-state index is 0.502. The van der Waals surface area contributed by atoms with E-state index in [1.165, 1.54) is 110 Å². The highest BCUT2D eigenvalue weighted by molar-refractivity contribution is 6.26. The molecule has 242 valence electrons. The van der Waals surface area contributed by atoms with Crippen molar-refractivity contribution < 1.29 is 0 Å². The van der Waals surface area contributed by atoms with E-state index in [1.54, 1.807) is 0 Å². The second kappa shape index (κ2) is 9.75. The predicted molar refractivity (Wildman–Crippen MR) is 217 cm³/mol. The lowest BCUT2D eigenvalue weighted by Crippen LogP contribution is -2.43. The van der Waals surface area contributed by atoms with E-state index < -0.39 is 10.8 Å².